The van der Waals surface area contributed by atoms with Crippen molar-refractivity contribution < 1.29 is 14.3 Å². The molecule has 0 saturated heterocycles. The highest BCUT2D eigenvalue weighted by atomic mass is 16.5. The lowest BCUT2D eigenvalue weighted by atomic mass is 9.86. The Morgan fingerprint density at radius 3 is 2.30 bits per heavy atom. The van der Waals surface area contributed by atoms with Gasteiger partial charge >= 0.3 is 0 Å². The third-order valence-corrected chi connectivity index (χ3v) is 3.58. The van der Waals surface area contributed by atoms with Gasteiger partial charge in [-0.25, -0.2) is 0 Å². The van der Waals surface area contributed by atoms with E-state index in [1.165, 1.54) is 0 Å². The summed E-state index contributed by atoms with van der Waals surface area (Å²) in [6.07, 6.45) is 0.747. The first kappa shape index (κ1) is 19.2. The van der Waals surface area contributed by atoms with E-state index in [-0.39, 0.29) is 17.2 Å². The van der Waals surface area contributed by atoms with Gasteiger partial charge < -0.3 is 15.4 Å². The average Bonchev–Trinajstić information content (AvgIpc) is 2.50. The molecule has 0 bridgehead atoms. The van der Waals surface area contributed by atoms with Crippen molar-refractivity contribution in [3.8, 4) is 0 Å². The first-order valence-corrected chi connectivity index (χ1v) is 7.93. The molecule has 0 fully saturated rings. The molecule has 0 unspecified atom stereocenters. The van der Waals surface area contributed by atoms with Gasteiger partial charge in [0.15, 0.2) is 0 Å². The molecule has 2 N–H and O–H groups in total. The number of nitrogens with one attached hydrogen (secondary N) is 2. The molecule has 0 aliphatic carbocycles. The van der Waals surface area contributed by atoms with Gasteiger partial charge in [-0.05, 0) is 36.5 Å². The van der Waals surface area contributed by atoms with Gasteiger partial charge in [-0.1, -0.05) is 32.9 Å². The Balaban J connectivity index is 2.53. The summed E-state index contributed by atoms with van der Waals surface area (Å²) in [7, 11) is 1.62. The molecule has 0 radical (unpaired) electrons. The summed E-state index contributed by atoms with van der Waals surface area (Å²) in [5, 5.41) is 5.48. The molecular formula is C18H28N2O3. The minimum absolute atomic E-state index is 0.0460. The van der Waals surface area contributed by atoms with Crippen molar-refractivity contribution in [2.24, 2.45) is 0 Å². The lowest BCUT2D eigenvalue weighted by molar-refractivity contribution is -0.122. The molecule has 0 heterocycles. The van der Waals surface area contributed by atoms with Gasteiger partial charge in [0.05, 0.1) is 0 Å². The normalized spacial score (nSPS) is 12.6. The third-order valence-electron chi connectivity index (χ3n) is 3.58. The Bertz CT molecular complexity index is 518. The standard InChI is InChI=1S/C18H28N2O3/c1-13(16(21)19-11-6-12-23-5)20-17(22)14-7-9-15(10-8-14)18(2,3)4/h7-10,13H,6,11-12H2,1-5H3,(H,19,21)(H,20,22)/t13-/m0/s1. The third kappa shape index (κ3) is 6.40. The Morgan fingerprint density at radius 1 is 1.17 bits per heavy atom. The van der Waals surface area contributed by atoms with Crippen LogP contribution in [0.1, 0.15) is 50.0 Å². The smallest absolute Gasteiger partial charge is 0.251 e. The van der Waals surface area contributed by atoms with Crippen LogP contribution in [-0.4, -0.2) is 38.1 Å². The van der Waals surface area contributed by atoms with Gasteiger partial charge in [0.1, 0.15) is 6.04 Å². The number of carbonyl (C=O) groups is 2. The molecule has 128 valence electrons. The number of benzene rings is 1. The van der Waals surface area contributed by atoms with Crippen LogP contribution < -0.4 is 10.6 Å². The van der Waals surface area contributed by atoms with E-state index in [0.717, 1.165) is 12.0 Å². The van der Waals surface area contributed by atoms with Gasteiger partial charge in [0.25, 0.3) is 5.91 Å². The van der Waals surface area contributed by atoms with E-state index in [0.29, 0.717) is 18.7 Å². The summed E-state index contributed by atoms with van der Waals surface area (Å²) in [6, 6.07) is 6.90. The van der Waals surface area contributed by atoms with Gasteiger partial charge in [-0.3, -0.25) is 9.59 Å². The minimum atomic E-state index is -0.577. The highest BCUT2D eigenvalue weighted by molar-refractivity contribution is 5.97. The monoisotopic (exact) mass is 320 g/mol. The molecule has 1 atom stereocenters. The SMILES string of the molecule is COCCCNC(=O)[C@H](C)NC(=O)c1ccc(C(C)(C)C)cc1. The maximum atomic E-state index is 12.2. The van der Waals surface area contributed by atoms with Crippen LogP contribution in [0.3, 0.4) is 0 Å². The lowest BCUT2D eigenvalue weighted by Crippen LogP contribution is -2.45. The van der Waals surface area contributed by atoms with E-state index in [4.69, 9.17) is 4.74 Å². The van der Waals surface area contributed by atoms with Crippen LogP contribution in [0, 0.1) is 0 Å². The molecule has 0 aliphatic rings. The van der Waals surface area contributed by atoms with Crippen molar-refractivity contribution in [1.82, 2.24) is 10.6 Å². The van der Waals surface area contributed by atoms with E-state index < -0.39 is 6.04 Å². The molecule has 2 amide bonds. The molecule has 5 nitrogen and oxygen atoms in total. The predicted octanol–water partition coefficient (Wildman–Crippen LogP) is 2.26. The fourth-order valence-corrected chi connectivity index (χ4v) is 2.05. The topological polar surface area (TPSA) is 67.4 Å². The van der Waals surface area contributed by atoms with Crippen LogP contribution in [-0.2, 0) is 14.9 Å². The second-order valence-corrected chi connectivity index (χ2v) is 6.66. The van der Waals surface area contributed by atoms with Crippen LogP contribution in [0.25, 0.3) is 0 Å². The van der Waals surface area contributed by atoms with Crippen molar-refractivity contribution in [2.45, 2.75) is 45.6 Å². The van der Waals surface area contributed by atoms with Crippen molar-refractivity contribution in [1.29, 1.82) is 0 Å². The van der Waals surface area contributed by atoms with E-state index >= 15 is 0 Å². The van der Waals surface area contributed by atoms with Crippen molar-refractivity contribution >= 4 is 11.8 Å². The number of amides is 2. The van der Waals surface area contributed by atoms with E-state index in [1.807, 2.05) is 12.1 Å². The van der Waals surface area contributed by atoms with E-state index in [9.17, 15) is 9.59 Å². The zero-order valence-corrected chi connectivity index (χ0v) is 14.7. The molecular weight excluding hydrogens is 292 g/mol. The highest BCUT2D eigenvalue weighted by Crippen LogP contribution is 2.22. The maximum absolute atomic E-state index is 12.2. The van der Waals surface area contributed by atoms with Crippen LogP contribution in [0.15, 0.2) is 24.3 Å². The zero-order valence-electron chi connectivity index (χ0n) is 14.7. The van der Waals surface area contributed by atoms with Gasteiger partial charge in [0, 0.05) is 25.8 Å². The maximum Gasteiger partial charge on any atom is 0.251 e. The van der Waals surface area contributed by atoms with Crippen LogP contribution in [0.4, 0.5) is 0 Å². The van der Waals surface area contributed by atoms with Crippen molar-refractivity contribution in [3.63, 3.8) is 0 Å². The highest BCUT2D eigenvalue weighted by Gasteiger charge is 2.17. The van der Waals surface area contributed by atoms with Crippen molar-refractivity contribution in [3.05, 3.63) is 35.4 Å². The molecule has 0 aromatic heterocycles. The second-order valence-electron chi connectivity index (χ2n) is 6.66. The molecule has 5 heteroatoms. The van der Waals surface area contributed by atoms with E-state index in [2.05, 4.69) is 31.4 Å². The first-order valence-electron chi connectivity index (χ1n) is 7.93. The number of methoxy groups -OCH3 is 1. The predicted molar refractivity (Wildman–Crippen MR) is 91.6 cm³/mol. The molecule has 1 aromatic rings. The summed E-state index contributed by atoms with van der Waals surface area (Å²) in [6.45, 7) is 9.18. The summed E-state index contributed by atoms with van der Waals surface area (Å²) >= 11 is 0. The summed E-state index contributed by atoms with van der Waals surface area (Å²) in [4.78, 5) is 24.1. The van der Waals surface area contributed by atoms with Crippen LogP contribution in [0.2, 0.25) is 0 Å². The van der Waals surface area contributed by atoms with Crippen molar-refractivity contribution in [2.75, 3.05) is 20.3 Å². The summed E-state index contributed by atoms with van der Waals surface area (Å²) in [5.74, 6) is -0.439. The Morgan fingerprint density at radius 2 is 1.78 bits per heavy atom. The number of hydrogen-bond donors (Lipinski definition) is 2. The number of carbonyl (C=O) groups excluding carboxylic acids is 2. The van der Waals surface area contributed by atoms with Gasteiger partial charge in [0.2, 0.25) is 5.91 Å². The lowest BCUT2D eigenvalue weighted by Gasteiger charge is -2.19. The Labute approximate surface area is 138 Å². The van der Waals surface area contributed by atoms with Crippen LogP contribution >= 0.6 is 0 Å². The molecule has 0 aliphatic heterocycles. The number of hydrogen-bond acceptors (Lipinski definition) is 3. The molecule has 0 saturated carbocycles. The second kappa shape index (κ2) is 8.67. The molecule has 1 aromatic carbocycles. The zero-order chi connectivity index (χ0) is 17.5. The average molecular weight is 320 g/mol. The van der Waals surface area contributed by atoms with Gasteiger partial charge in [-0.2, -0.15) is 0 Å². The van der Waals surface area contributed by atoms with E-state index in [1.54, 1.807) is 26.2 Å². The summed E-state index contributed by atoms with van der Waals surface area (Å²) in [5.41, 5.74) is 1.76. The fourth-order valence-electron chi connectivity index (χ4n) is 2.05. The molecule has 23 heavy (non-hydrogen) atoms. The Kier molecular flexibility index (Phi) is 7.23. The quantitative estimate of drug-likeness (QED) is 0.757. The van der Waals surface area contributed by atoms with Crippen LogP contribution in [0.5, 0.6) is 0 Å². The minimum Gasteiger partial charge on any atom is -0.385 e. The molecule has 0 spiro atoms. The first-order chi connectivity index (χ1) is 10.8. The summed E-state index contributed by atoms with van der Waals surface area (Å²) < 4.78 is 4.92. The largest absolute Gasteiger partial charge is 0.385 e. The molecule has 1 rings (SSSR count). The van der Waals surface area contributed by atoms with Gasteiger partial charge in [-0.15, -0.1) is 0 Å². The Hall–Kier alpha value is -1.88. The fraction of sp³-hybridized carbons (Fsp3) is 0.556. The number of rotatable bonds is 7. The number of ether oxygens (including phenoxy) is 1.